The van der Waals surface area contributed by atoms with Gasteiger partial charge >= 0.3 is 6.03 Å². The number of amides is 2. The van der Waals surface area contributed by atoms with E-state index in [1.807, 2.05) is 0 Å². The zero-order valence-corrected chi connectivity index (χ0v) is 5.98. The third kappa shape index (κ3) is 2.20. The topological polar surface area (TPSA) is 98.7 Å². The van der Waals surface area contributed by atoms with Crippen molar-refractivity contribution in [3.8, 4) is 0 Å². The standard InChI is InChI=1S/C4H8N6O/c1-10-8-3(7-9-10)2-6-4(5)11/h2H2,1H3,(H3,5,6,11). The lowest BCUT2D eigenvalue weighted by Crippen LogP contribution is -2.29. The van der Waals surface area contributed by atoms with E-state index in [1.54, 1.807) is 7.05 Å². The predicted octanol–water partition coefficient (Wildman–Crippen LogP) is -1.62. The van der Waals surface area contributed by atoms with Crippen LogP contribution in [0.4, 0.5) is 4.79 Å². The molecule has 0 aliphatic carbocycles. The molecule has 11 heavy (non-hydrogen) atoms. The molecule has 0 bridgehead atoms. The van der Waals surface area contributed by atoms with Crippen molar-refractivity contribution >= 4 is 6.03 Å². The minimum atomic E-state index is -0.600. The Balaban J connectivity index is 2.45. The number of rotatable bonds is 2. The van der Waals surface area contributed by atoms with Crippen molar-refractivity contribution in [2.45, 2.75) is 6.54 Å². The number of urea groups is 1. The molecule has 7 nitrogen and oxygen atoms in total. The number of hydrogen-bond acceptors (Lipinski definition) is 4. The molecule has 0 unspecified atom stereocenters. The first-order valence-electron chi connectivity index (χ1n) is 2.94. The highest BCUT2D eigenvalue weighted by Crippen LogP contribution is 1.81. The Kier molecular flexibility index (Phi) is 2.00. The monoisotopic (exact) mass is 156 g/mol. The lowest BCUT2D eigenvalue weighted by atomic mass is 10.6. The van der Waals surface area contributed by atoms with Gasteiger partial charge in [-0.25, -0.2) is 4.79 Å². The molecule has 0 spiro atoms. The van der Waals surface area contributed by atoms with Crippen molar-refractivity contribution in [3.63, 3.8) is 0 Å². The fraction of sp³-hybridized carbons (Fsp3) is 0.500. The van der Waals surface area contributed by atoms with Crippen molar-refractivity contribution in [1.82, 2.24) is 25.5 Å². The number of nitrogens with zero attached hydrogens (tertiary/aromatic N) is 4. The van der Waals surface area contributed by atoms with Crippen LogP contribution in [-0.4, -0.2) is 26.2 Å². The van der Waals surface area contributed by atoms with Crippen LogP contribution in [0.5, 0.6) is 0 Å². The van der Waals surface area contributed by atoms with Crippen LogP contribution < -0.4 is 11.1 Å². The van der Waals surface area contributed by atoms with Crippen molar-refractivity contribution in [1.29, 1.82) is 0 Å². The summed E-state index contributed by atoms with van der Waals surface area (Å²) in [6.45, 7) is 0.211. The number of primary amides is 1. The molecule has 1 heterocycles. The van der Waals surface area contributed by atoms with Gasteiger partial charge in [0, 0.05) is 0 Å². The maximum atomic E-state index is 10.2. The summed E-state index contributed by atoms with van der Waals surface area (Å²) in [6, 6.07) is -0.600. The quantitative estimate of drug-likeness (QED) is 0.537. The normalized spacial score (nSPS) is 9.55. The van der Waals surface area contributed by atoms with Crippen molar-refractivity contribution in [3.05, 3.63) is 5.82 Å². The van der Waals surface area contributed by atoms with Crippen LogP contribution in [0.1, 0.15) is 5.82 Å². The van der Waals surface area contributed by atoms with Gasteiger partial charge in [0.05, 0.1) is 13.6 Å². The van der Waals surface area contributed by atoms with Crippen LogP contribution in [0, 0.1) is 0 Å². The zero-order valence-electron chi connectivity index (χ0n) is 5.98. The molecule has 1 rings (SSSR count). The number of aryl methyl sites for hydroxylation is 1. The van der Waals surface area contributed by atoms with E-state index in [1.165, 1.54) is 4.80 Å². The third-order valence-corrected chi connectivity index (χ3v) is 0.970. The predicted molar refractivity (Wildman–Crippen MR) is 35.2 cm³/mol. The van der Waals surface area contributed by atoms with E-state index >= 15 is 0 Å². The first-order valence-corrected chi connectivity index (χ1v) is 2.94. The minimum absolute atomic E-state index is 0.211. The lowest BCUT2D eigenvalue weighted by molar-refractivity contribution is 0.248. The van der Waals surface area contributed by atoms with Gasteiger partial charge in [-0.05, 0) is 5.21 Å². The minimum Gasteiger partial charge on any atom is -0.352 e. The average molecular weight is 156 g/mol. The molecule has 60 valence electrons. The summed E-state index contributed by atoms with van der Waals surface area (Å²) in [5, 5.41) is 13.3. The number of tetrazole rings is 1. The summed E-state index contributed by atoms with van der Waals surface area (Å²) in [5.41, 5.74) is 4.81. The van der Waals surface area contributed by atoms with Crippen LogP contribution >= 0.6 is 0 Å². The smallest absolute Gasteiger partial charge is 0.312 e. The van der Waals surface area contributed by atoms with E-state index < -0.39 is 6.03 Å². The maximum Gasteiger partial charge on any atom is 0.312 e. The largest absolute Gasteiger partial charge is 0.352 e. The second-order valence-corrected chi connectivity index (χ2v) is 1.91. The number of nitrogens with two attached hydrogens (primary N) is 1. The van der Waals surface area contributed by atoms with Gasteiger partial charge in [-0.15, -0.1) is 10.2 Å². The summed E-state index contributed by atoms with van der Waals surface area (Å²) in [6.07, 6.45) is 0. The fourth-order valence-electron chi connectivity index (χ4n) is 0.560. The van der Waals surface area contributed by atoms with E-state index in [4.69, 9.17) is 5.73 Å². The molecule has 1 aromatic rings. The van der Waals surface area contributed by atoms with Crippen LogP contribution in [0.3, 0.4) is 0 Å². The molecule has 0 saturated carbocycles. The van der Waals surface area contributed by atoms with Gasteiger partial charge in [0.2, 0.25) is 0 Å². The Morgan fingerprint density at radius 3 is 3.00 bits per heavy atom. The van der Waals surface area contributed by atoms with E-state index in [9.17, 15) is 4.79 Å². The van der Waals surface area contributed by atoms with Gasteiger partial charge in [-0.3, -0.25) is 0 Å². The molecule has 0 atom stereocenters. The molecule has 0 aliphatic rings. The molecule has 1 aromatic heterocycles. The van der Waals surface area contributed by atoms with Gasteiger partial charge in [0.25, 0.3) is 0 Å². The number of carbonyl (C=O) groups excluding carboxylic acids is 1. The Bertz CT molecular complexity index is 255. The SMILES string of the molecule is Cn1nnc(CNC(N)=O)n1. The third-order valence-electron chi connectivity index (χ3n) is 0.970. The molecular weight excluding hydrogens is 148 g/mol. The van der Waals surface area contributed by atoms with E-state index in [0.717, 1.165) is 0 Å². The first kappa shape index (κ1) is 7.45. The average Bonchev–Trinajstić information content (AvgIpc) is 2.31. The van der Waals surface area contributed by atoms with Crippen LogP contribution in [0.25, 0.3) is 0 Å². The molecule has 0 aromatic carbocycles. The van der Waals surface area contributed by atoms with Crippen molar-refractivity contribution in [2.75, 3.05) is 0 Å². The van der Waals surface area contributed by atoms with Crippen LogP contribution in [-0.2, 0) is 13.6 Å². The molecule has 3 N–H and O–H groups in total. The highest BCUT2D eigenvalue weighted by Gasteiger charge is 1.99. The number of aromatic nitrogens is 4. The van der Waals surface area contributed by atoms with E-state index in [0.29, 0.717) is 5.82 Å². The molecule has 2 amide bonds. The van der Waals surface area contributed by atoms with E-state index in [-0.39, 0.29) is 6.54 Å². The Labute approximate surface area is 62.6 Å². The van der Waals surface area contributed by atoms with Gasteiger partial charge in [0.15, 0.2) is 5.82 Å². The van der Waals surface area contributed by atoms with Crippen molar-refractivity contribution in [2.24, 2.45) is 12.8 Å². The highest BCUT2D eigenvalue weighted by atomic mass is 16.2. The first-order chi connectivity index (χ1) is 5.18. The molecular formula is C4H8N6O. The maximum absolute atomic E-state index is 10.2. The molecule has 7 heteroatoms. The summed E-state index contributed by atoms with van der Waals surface area (Å²) in [4.78, 5) is 11.5. The second kappa shape index (κ2) is 2.95. The number of hydrogen-bond donors (Lipinski definition) is 2. The van der Waals surface area contributed by atoms with Gasteiger partial charge in [0.1, 0.15) is 0 Å². The van der Waals surface area contributed by atoms with Gasteiger partial charge < -0.3 is 11.1 Å². The lowest BCUT2D eigenvalue weighted by Gasteiger charge is -1.93. The van der Waals surface area contributed by atoms with Crippen LogP contribution in [0.2, 0.25) is 0 Å². The fourth-order valence-corrected chi connectivity index (χ4v) is 0.560. The number of nitrogens with one attached hydrogen (secondary N) is 1. The van der Waals surface area contributed by atoms with Crippen molar-refractivity contribution < 1.29 is 4.79 Å². The number of carbonyl (C=O) groups is 1. The van der Waals surface area contributed by atoms with Gasteiger partial charge in [-0.1, -0.05) is 0 Å². The Morgan fingerprint density at radius 2 is 2.55 bits per heavy atom. The highest BCUT2D eigenvalue weighted by molar-refractivity contribution is 5.71. The molecule has 0 fully saturated rings. The van der Waals surface area contributed by atoms with Gasteiger partial charge in [-0.2, -0.15) is 4.80 Å². The summed E-state index contributed by atoms with van der Waals surface area (Å²) in [7, 11) is 1.64. The summed E-state index contributed by atoms with van der Waals surface area (Å²) >= 11 is 0. The molecule has 0 saturated heterocycles. The zero-order chi connectivity index (χ0) is 8.27. The summed E-state index contributed by atoms with van der Waals surface area (Å²) < 4.78 is 0. The van der Waals surface area contributed by atoms with E-state index in [2.05, 4.69) is 20.7 Å². The second-order valence-electron chi connectivity index (χ2n) is 1.91. The molecule has 0 aliphatic heterocycles. The Morgan fingerprint density at radius 1 is 1.82 bits per heavy atom. The molecule has 0 radical (unpaired) electrons. The van der Waals surface area contributed by atoms with Crippen LogP contribution in [0.15, 0.2) is 0 Å². The Hall–Kier alpha value is -1.66. The summed E-state index contributed by atoms with van der Waals surface area (Å²) in [5.74, 6) is 0.436.